The summed E-state index contributed by atoms with van der Waals surface area (Å²) in [7, 11) is 0. The molecule has 160 valence electrons. The molecule has 3 heterocycles. The van der Waals surface area contributed by atoms with Gasteiger partial charge < -0.3 is 14.8 Å². The van der Waals surface area contributed by atoms with Gasteiger partial charge in [-0.05, 0) is 68.0 Å². The Morgan fingerprint density at radius 1 is 1.03 bits per heavy atom. The van der Waals surface area contributed by atoms with E-state index in [1.165, 1.54) is 28.2 Å². The van der Waals surface area contributed by atoms with Gasteiger partial charge in [0.2, 0.25) is 5.91 Å². The second-order valence-corrected chi connectivity index (χ2v) is 9.07. The molecule has 31 heavy (non-hydrogen) atoms. The van der Waals surface area contributed by atoms with Crippen LogP contribution >= 0.6 is 0 Å². The molecular weight excluding hydrogens is 382 g/mol. The second-order valence-electron chi connectivity index (χ2n) is 9.07. The average Bonchev–Trinajstić information content (AvgIpc) is 3.29. The van der Waals surface area contributed by atoms with Crippen LogP contribution in [0.3, 0.4) is 0 Å². The maximum atomic E-state index is 13.4. The molecule has 2 aliphatic heterocycles. The number of amides is 1. The minimum atomic E-state index is -0.122. The molecule has 2 aromatic carbocycles. The normalized spacial score (nSPS) is 17.6. The molecule has 1 atom stereocenters. The van der Waals surface area contributed by atoms with Crippen molar-refractivity contribution in [2.45, 2.75) is 51.5 Å². The summed E-state index contributed by atoms with van der Waals surface area (Å²) in [6.07, 6.45) is 4.85. The van der Waals surface area contributed by atoms with Crippen LogP contribution in [0.4, 0.5) is 5.69 Å². The summed E-state index contributed by atoms with van der Waals surface area (Å²) in [4.78, 5) is 15.5. The quantitative estimate of drug-likeness (QED) is 0.613. The highest BCUT2D eigenvalue weighted by Crippen LogP contribution is 2.45. The topological polar surface area (TPSA) is 37.3 Å². The molecule has 0 saturated carbocycles. The first-order valence-corrected chi connectivity index (χ1v) is 11.4. The Morgan fingerprint density at radius 3 is 2.48 bits per heavy atom. The van der Waals surface area contributed by atoms with Crippen LogP contribution in [0.1, 0.15) is 54.5 Å². The van der Waals surface area contributed by atoms with Gasteiger partial charge in [-0.15, -0.1) is 0 Å². The van der Waals surface area contributed by atoms with E-state index in [-0.39, 0.29) is 17.4 Å². The highest BCUT2D eigenvalue weighted by Gasteiger charge is 2.43. The van der Waals surface area contributed by atoms with E-state index in [9.17, 15) is 4.79 Å². The first kappa shape index (κ1) is 19.9. The molecule has 1 N–H and O–H groups in total. The number of nitrogens with one attached hydrogen (secondary N) is 1. The lowest BCUT2D eigenvalue weighted by atomic mass is 9.81. The van der Waals surface area contributed by atoms with Gasteiger partial charge in [0, 0.05) is 25.0 Å². The molecule has 4 heteroatoms. The summed E-state index contributed by atoms with van der Waals surface area (Å²) >= 11 is 0. The average molecular weight is 414 g/mol. The first-order valence-electron chi connectivity index (χ1n) is 11.4. The molecule has 3 aromatic rings. The summed E-state index contributed by atoms with van der Waals surface area (Å²) in [5, 5.41) is 3.90. The Balaban J connectivity index is 1.40. The Bertz CT molecular complexity index is 1110. The number of aryl methyl sites for hydroxylation is 1. The third-order valence-corrected chi connectivity index (χ3v) is 7.39. The van der Waals surface area contributed by atoms with Crippen LogP contribution in [0.2, 0.25) is 0 Å². The third-order valence-electron chi connectivity index (χ3n) is 7.39. The lowest BCUT2D eigenvalue weighted by Gasteiger charge is -2.47. The molecule has 1 spiro atoms. The van der Waals surface area contributed by atoms with Crippen LogP contribution in [0.5, 0.6) is 0 Å². The fourth-order valence-electron chi connectivity index (χ4n) is 5.45. The second kappa shape index (κ2) is 7.60. The monoisotopic (exact) mass is 413 g/mol. The number of anilines is 1. The van der Waals surface area contributed by atoms with Crippen LogP contribution in [-0.2, 0) is 10.3 Å². The van der Waals surface area contributed by atoms with Crippen molar-refractivity contribution < 1.29 is 4.79 Å². The summed E-state index contributed by atoms with van der Waals surface area (Å²) in [5.74, 6) is 0.214. The molecule has 1 aromatic heterocycles. The minimum absolute atomic E-state index is 0.0511. The van der Waals surface area contributed by atoms with Crippen LogP contribution in [0.25, 0.3) is 5.69 Å². The number of benzene rings is 2. The molecule has 1 fully saturated rings. The van der Waals surface area contributed by atoms with Gasteiger partial charge in [-0.3, -0.25) is 4.79 Å². The highest BCUT2D eigenvalue weighted by atomic mass is 16.2. The minimum Gasteiger partial charge on any atom is -0.372 e. The predicted octanol–water partition coefficient (Wildman–Crippen LogP) is 5.53. The molecule has 1 saturated heterocycles. The van der Waals surface area contributed by atoms with E-state index >= 15 is 0 Å². The Morgan fingerprint density at radius 2 is 1.77 bits per heavy atom. The molecule has 5 rings (SSSR count). The van der Waals surface area contributed by atoms with Gasteiger partial charge in [-0.1, -0.05) is 43.3 Å². The molecular formula is C27H31N3O. The fraction of sp³-hybridized carbons (Fsp3) is 0.370. The van der Waals surface area contributed by atoms with Gasteiger partial charge in [-0.25, -0.2) is 0 Å². The van der Waals surface area contributed by atoms with Gasteiger partial charge in [0.15, 0.2) is 0 Å². The van der Waals surface area contributed by atoms with E-state index in [1.54, 1.807) is 0 Å². The van der Waals surface area contributed by atoms with Crippen molar-refractivity contribution >= 4 is 11.6 Å². The summed E-state index contributed by atoms with van der Waals surface area (Å²) < 4.78 is 2.37. The van der Waals surface area contributed by atoms with E-state index in [4.69, 9.17) is 0 Å². The fourth-order valence-corrected chi connectivity index (χ4v) is 5.45. The van der Waals surface area contributed by atoms with Crippen LogP contribution in [-0.4, -0.2) is 28.5 Å². The van der Waals surface area contributed by atoms with Gasteiger partial charge in [0.05, 0.1) is 22.8 Å². The van der Waals surface area contributed by atoms with E-state index in [0.717, 1.165) is 37.9 Å². The third kappa shape index (κ3) is 3.16. The number of nitrogens with zero attached hydrogens (tertiary/aromatic N) is 2. The summed E-state index contributed by atoms with van der Waals surface area (Å²) in [6.45, 7) is 8.04. The van der Waals surface area contributed by atoms with E-state index in [1.807, 2.05) is 18.2 Å². The number of rotatable bonds is 3. The highest BCUT2D eigenvalue weighted by molar-refractivity contribution is 5.84. The van der Waals surface area contributed by atoms with Gasteiger partial charge in [0.1, 0.15) is 0 Å². The number of carbonyl (C=O) groups excluding carboxylic acids is 1. The van der Waals surface area contributed by atoms with E-state index in [0.29, 0.717) is 0 Å². The SMILES string of the molecule is CCC(C(=O)N1CCC2(CC1)Nc1ccc(C)c(C)c1-n1cccc12)c1ccccc1. The molecule has 2 aliphatic rings. The number of hydrogen-bond acceptors (Lipinski definition) is 2. The van der Waals surface area contributed by atoms with Gasteiger partial charge in [-0.2, -0.15) is 0 Å². The van der Waals surface area contributed by atoms with E-state index < -0.39 is 0 Å². The number of fused-ring (bicyclic) bond motifs is 4. The number of aromatic nitrogens is 1. The Labute approximate surface area is 184 Å². The zero-order valence-electron chi connectivity index (χ0n) is 18.7. The summed E-state index contributed by atoms with van der Waals surface area (Å²) in [5.41, 5.74) is 7.41. The number of piperidine rings is 1. The van der Waals surface area contributed by atoms with E-state index in [2.05, 4.69) is 78.2 Å². The van der Waals surface area contributed by atoms with Crippen molar-refractivity contribution in [1.82, 2.24) is 9.47 Å². The van der Waals surface area contributed by atoms with Crippen molar-refractivity contribution in [3.8, 4) is 5.69 Å². The maximum Gasteiger partial charge on any atom is 0.230 e. The van der Waals surface area contributed by atoms with Crippen molar-refractivity contribution in [2.24, 2.45) is 0 Å². The molecule has 1 unspecified atom stereocenters. The van der Waals surface area contributed by atoms with Gasteiger partial charge >= 0.3 is 0 Å². The zero-order valence-corrected chi connectivity index (χ0v) is 18.7. The summed E-state index contributed by atoms with van der Waals surface area (Å²) in [6, 6.07) is 19.0. The van der Waals surface area contributed by atoms with Gasteiger partial charge in [0.25, 0.3) is 0 Å². The number of likely N-dealkylation sites (tertiary alicyclic amines) is 1. The number of carbonyl (C=O) groups is 1. The number of hydrogen-bond donors (Lipinski definition) is 1. The largest absolute Gasteiger partial charge is 0.372 e. The Kier molecular flexibility index (Phi) is 4.88. The Hall–Kier alpha value is -3.01. The molecule has 0 bridgehead atoms. The predicted molar refractivity (Wildman–Crippen MR) is 126 cm³/mol. The smallest absolute Gasteiger partial charge is 0.230 e. The van der Waals surface area contributed by atoms with Crippen LogP contribution in [0, 0.1) is 13.8 Å². The lowest BCUT2D eigenvalue weighted by molar-refractivity contribution is -0.134. The molecule has 0 aliphatic carbocycles. The zero-order chi connectivity index (χ0) is 21.6. The molecule has 1 amide bonds. The maximum absolute atomic E-state index is 13.4. The van der Waals surface area contributed by atoms with Crippen LogP contribution in [0.15, 0.2) is 60.8 Å². The molecule has 0 radical (unpaired) electrons. The van der Waals surface area contributed by atoms with Crippen molar-refractivity contribution in [3.63, 3.8) is 0 Å². The van der Waals surface area contributed by atoms with Crippen molar-refractivity contribution in [3.05, 3.63) is 83.2 Å². The van der Waals surface area contributed by atoms with Crippen molar-refractivity contribution in [1.29, 1.82) is 0 Å². The lowest BCUT2D eigenvalue weighted by Crippen LogP contribution is -2.51. The van der Waals surface area contributed by atoms with Crippen LogP contribution < -0.4 is 5.32 Å². The van der Waals surface area contributed by atoms with Crippen molar-refractivity contribution in [2.75, 3.05) is 18.4 Å². The first-order chi connectivity index (χ1) is 15.0. The standard InChI is InChI=1S/C27H31N3O/c1-4-22(21-9-6-5-7-10-21)26(31)29-17-14-27(15-18-29)24-11-8-16-30(24)25-20(3)19(2)12-13-23(25)28-27/h5-13,16,22,28H,4,14-15,17-18H2,1-3H3. The molecule has 4 nitrogen and oxygen atoms in total.